The number of para-hydroxylation sites is 1. The van der Waals surface area contributed by atoms with Crippen molar-refractivity contribution in [2.45, 2.75) is 26.8 Å². The maximum absolute atomic E-state index is 14.3. The van der Waals surface area contributed by atoms with E-state index < -0.39 is 11.8 Å². The first-order valence-corrected chi connectivity index (χ1v) is 9.19. The molecule has 1 aromatic heterocycles. The number of hydrogen-bond donors (Lipinski definition) is 0. The van der Waals surface area contributed by atoms with Gasteiger partial charge in [-0.15, -0.1) is 0 Å². The smallest absolute Gasteiger partial charge is 0.325 e. The predicted molar refractivity (Wildman–Crippen MR) is 102 cm³/mol. The number of amides is 1. The Hall–Kier alpha value is -2.80. The normalized spacial score (nSPS) is 11.8. The Bertz CT molecular complexity index is 1100. The number of halogens is 1. The maximum atomic E-state index is 14.3. The quantitative estimate of drug-likeness (QED) is 0.647. The molecule has 5 nitrogen and oxygen atoms in total. The number of rotatable bonds is 4. The Morgan fingerprint density at radius 3 is 2.70 bits per heavy atom. The van der Waals surface area contributed by atoms with Gasteiger partial charge in [0.2, 0.25) is 0 Å². The second-order valence-electron chi connectivity index (χ2n) is 6.25. The summed E-state index contributed by atoms with van der Waals surface area (Å²) in [6.45, 7) is 3.72. The number of aryl methyl sites for hydroxylation is 2. The number of carbonyl (C=O) groups excluding carboxylic acids is 2. The van der Waals surface area contributed by atoms with Crippen molar-refractivity contribution in [3.8, 4) is 0 Å². The average Bonchev–Trinajstić information content (AvgIpc) is 2.95. The van der Waals surface area contributed by atoms with E-state index in [1.54, 1.807) is 12.1 Å². The van der Waals surface area contributed by atoms with E-state index in [0.717, 1.165) is 28.0 Å². The van der Waals surface area contributed by atoms with Gasteiger partial charge < -0.3 is 9.30 Å². The van der Waals surface area contributed by atoms with Gasteiger partial charge in [-0.25, -0.2) is 4.39 Å². The molecule has 0 aliphatic heterocycles. The monoisotopic (exact) mass is 386 g/mol. The number of ether oxygens (including phenoxy) is 1. The third kappa shape index (κ3) is 4.14. The third-order valence-electron chi connectivity index (χ3n) is 4.23. The van der Waals surface area contributed by atoms with Gasteiger partial charge in [0.1, 0.15) is 12.4 Å². The zero-order valence-corrected chi connectivity index (χ0v) is 16.1. The van der Waals surface area contributed by atoms with Gasteiger partial charge in [-0.05, 0) is 37.1 Å². The highest BCUT2D eigenvalue weighted by Crippen LogP contribution is 2.20. The number of fused-ring (bicyclic) bond motifs is 1. The summed E-state index contributed by atoms with van der Waals surface area (Å²) in [7, 11) is 1.26. The Balaban J connectivity index is 2.03. The van der Waals surface area contributed by atoms with Gasteiger partial charge in [0.25, 0.3) is 5.91 Å². The Morgan fingerprint density at radius 2 is 2.00 bits per heavy atom. The van der Waals surface area contributed by atoms with Gasteiger partial charge in [-0.3, -0.25) is 9.59 Å². The first-order chi connectivity index (χ1) is 12.9. The number of methoxy groups -OCH3 is 1. The lowest BCUT2D eigenvalue weighted by atomic mass is 10.0. The zero-order valence-electron chi connectivity index (χ0n) is 15.3. The summed E-state index contributed by atoms with van der Waals surface area (Å²) >= 11 is 1.16. The van der Waals surface area contributed by atoms with Crippen molar-refractivity contribution in [1.29, 1.82) is 0 Å². The molecule has 3 aromatic rings. The molecule has 27 heavy (non-hydrogen) atoms. The van der Waals surface area contributed by atoms with Crippen LogP contribution in [-0.4, -0.2) is 23.6 Å². The SMILES string of the molecule is COC(=O)Cn1c(=NC(=O)Cc2ccc(C)cc2C)sc2cccc(F)c21. The summed E-state index contributed by atoms with van der Waals surface area (Å²) in [6, 6.07) is 10.5. The molecule has 140 valence electrons. The Kier molecular flexibility index (Phi) is 5.51. The van der Waals surface area contributed by atoms with Crippen molar-refractivity contribution >= 4 is 33.4 Å². The first-order valence-electron chi connectivity index (χ1n) is 8.37. The van der Waals surface area contributed by atoms with E-state index in [1.807, 2.05) is 32.0 Å². The van der Waals surface area contributed by atoms with E-state index in [0.29, 0.717) is 4.70 Å². The second-order valence-corrected chi connectivity index (χ2v) is 7.25. The molecule has 0 atom stereocenters. The summed E-state index contributed by atoms with van der Waals surface area (Å²) in [5.74, 6) is -1.37. The maximum Gasteiger partial charge on any atom is 0.325 e. The topological polar surface area (TPSA) is 60.7 Å². The molecule has 0 N–H and O–H groups in total. The van der Waals surface area contributed by atoms with Crippen molar-refractivity contribution in [1.82, 2.24) is 4.57 Å². The van der Waals surface area contributed by atoms with Gasteiger partial charge in [-0.2, -0.15) is 4.99 Å². The van der Waals surface area contributed by atoms with E-state index >= 15 is 0 Å². The van der Waals surface area contributed by atoms with Crippen LogP contribution in [0.5, 0.6) is 0 Å². The van der Waals surface area contributed by atoms with Crippen LogP contribution in [0, 0.1) is 19.7 Å². The van der Waals surface area contributed by atoms with Crippen LogP contribution >= 0.6 is 11.3 Å². The number of hydrogen-bond acceptors (Lipinski definition) is 4. The van der Waals surface area contributed by atoms with Crippen LogP contribution < -0.4 is 4.80 Å². The van der Waals surface area contributed by atoms with Gasteiger partial charge in [0, 0.05) is 0 Å². The summed E-state index contributed by atoms with van der Waals surface area (Å²) in [5.41, 5.74) is 3.27. The van der Waals surface area contributed by atoms with Crippen LogP contribution in [-0.2, 0) is 27.3 Å². The molecule has 0 fully saturated rings. The molecular formula is C20H19FN2O3S. The fourth-order valence-electron chi connectivity index (χ4n) is 2.87. The highest BCUT2D eigenvalue weighted by Gasteiger charge is 2.15. The van der Waals surface area contributed by atoms with Crippen LogP contribution in [0.15, 0.2) is 41.4 Å². The highest BCUT2D eigenvalue weighted by atomic mass is 32.1. The fraction of sp³-hybridized carbons (Fsp3) is 0.250. The summed E-state index contributed by atoms with van der Waals surface area (Å²) in [5, 5.41) is 0. The van der Waals surface area contributed by atoms with Crippen LogP contribution in [0.3, 0.4) is 0 Å². The lowest BCUT2D eigenvalue weighted by Crippen LogP contribution is -2.23. The molecule has 2 aromatic carbocycles. The van der Waals surface area contributed by atoms with Crippen LogP contribution in [0.25, 0.3) is 10.2 Å². The number of nitrogens with zero attached hydrogens (tertiary/aromatic N) is 2. The van der Waals surface area contributed by atoms with Gasteiger partial charge in [0.05, 0.1) is 23.7 Å². The van der Waals surface area contributed by atoms with Crippen molar-refractivity contribution in [3.05, 3.63) is 63.7 Å². The fourth-order valence-corrected chi connectivity index (χ4v) is 3.93. The number of esters is 1. The lowest BCUT2D eigenvalue weighted by molar-refractivity contribution is -0.141. The number of carbonyl (C=O) groups is 2. The van der Waals surface area contributed by atoms with Gasteiger partial charge in [-0.1, -0.05) is 41.2 Å². The van der Waals surface area contributed by atoms with Crippen LogP contribution in [0.2, 0.25) is 0 Å². The van der Waals surface area contributed by atoms with Crippen molar-refractivity contribution in [2.24, 2.45) is 4.99 Å². The zero-order chi connectivity index (χ0) is 19.6. The van der Waals surface area contributed by atoms with Crippen molar-refractivity contribution in [2.75, 3.05) is 7.11 Å². The second kappa shape index (κ2) is 7.84. The minimum atomic E-state index is -0.541. The van der Waals surface area contributed by atoms with Gasteiger partial charge >= 0.3 is 5.97 Å². The Labute approximate surface area is 159 Å². The van der Waals surface area contributed by atoms with Crippen LogP contribution in [0.1, 0.15) is 16.7 Å². The number of thiazole rings is 1. The summed E-state index contributed by atoms with van der Waals surface area (Å²) in [4.78, 5) is 28.7. The highest BCUT2D eigenvalue weighted by molar-refractivity contribution is 7.16. The predicted octanol–water partition coefficient (Wildman–Crippen LogP) is 3.30. The molecule has 0 aliphatic carbocycles. The minimum absolute atomic E-state index is 0.140. The van der Waals surface area contributed by atoms with E-state index in [4.69, 9.17) is 4.74 Å². The molecule has 0 aliphatic rings. The molecule has 0 saturated carbocycles. The van der Waals surface area contributed by atoms with E-state index in [2.05, 4.69) is 4.99 Å². The molecule has 0 unspecified atom stereocenters. The first kappa shape index (κ1) is 19.0. The average molecular weight is 386 g/mol. The molecule has 0 bridgehead atoms. The Morgan fingerprint density at radius 1 is 1.22 bits per heavy atom. The summed E-state index contributed by atoms with van der Waals surface area (Å²) < 4.78 is 21.0. The standard InChI is InChI=1S/C20H19FN2O3S/c1-12-7-8-14(13(2)9-12)10-17(24)22-20-23(11-18(25)26-3)19-15(21)5-4-6-16(19)27-20/h4-9H,10-11H2,1-3H3. The molecule has 0 spiro atoms. The van der Waals surface area contributed by atoms with E-state index in [-0.39, 0.29) is 29.2 Å². The molecule has 1 heterocycles. The molecule has 3 rings (SSSR count). The van der Waals surface area contributed by atoms with Crippen LogP contribution in [0.4, 0.5) is 4.39 Å². The molecule has 0 saturated heterocycles. The van der Waals surface area contributed by atoms with Crippen molar-refractivity contribution in [3.63, 3.8) is 0 Å². The van der Waals surface area contributed by atoms with Crippen molar-refractivity contribution < 1.29 is 18.7 Å². The minimum Gasteiger partial charge on any atom is -0.468 e. The molecule has 0 radical (unpaired) electrons. The molecular weight excluding hydrogens is 367 g/mol. The lowest BCUT2D eigenvalue weighted by Gasteiger charge is -2.05. The number of benzene rings is 2. The van der Waals surface area contributed by atoms with E-state index in [9.17, 15) is 14.0 Å². The van der Waals surface area contributed by atoms with Gasteiger partial charge in [0.15, 0.2) is 4.80 Å². The molecule has 7 heteroatoms. The number of aromatic nitrogens is 1. The third-order valence-corrected chi connectivity index (χ3v) is 5.27. The molecule has 1 amide bonds. The summed E-state index contributed by atoms with van der Waals surface area (Å²) in [6.07, 6.45) is 0.140. The largest absolute Gasteiger partial charge is 0.468 e. The van der Waals surface area contributed by atoms with E-state index in [1.165, 1.54) is 17.7 Å².